The number of rotatable bonds is 1. The number of amides is 1. The van der Waals surface area contributed by atoms with Crippen molar-refractivity contribution in [3.63, 3.8) is 0 Å². The number of nitrogens with zero attached hydrogens (tertiary/aromatic N) is 1. The molecule has 0 aromatic heterocycles. The molecule has 0 aromatic carbocycles. The Morgan fingerprint density at radius 2 is 1.93 bits per heavy atom. The summed E-state index contributed by atoms with van der Waals surface area (Å²) >= 11 is 0. The third kappa shape index (κ3) is 1.93. The first-order valence-electron chi connectivity index (χ1n) is 4.48. The highest BCUT2D eigenvalue weighted by Crippen LogP contribution is 2.22. The Hall–Kier alpha value is -1.59. The van der Waals surface area contributed by atoms with Gasteiger partial charge in [-0.1, -0.05) is 0 Å². The number of esters is 1. The molecule has 1 heterocycles. The van der Waals surface area contributed by atoms with E-state index in [1.54, 1.807) is 6.92 Å². The Kier molecular flexibility index (Phi) is 3.28. The highest BCUT2D eigenvalue weighted by Gasteiger charge is 2.45. The zero-order valence-corrected chi connectivity index (χ0v) is 8.85. The molecule has 1 fully saturated rings. The largest absolute Gasteiger partial charge is 0.468 e. The van der Waals surface area contributed by atoms with Crippen molar-refractivity contribution in [1.29, 1.82) is 0 Å². The number of ketones is 1. The van der Waals surface area contributed by atoms with Gasteiger partial charge in [-0.05, 0) is 6.92 Å². The lowest BCUT2D eigenvalue weighted by molar-refractivity contribution is -0.148. The van der Waals surface area contributed by atoms with Crippen LogP contribution in [0.15, 0.2) is 0 Å². The Balaban J connectivity index is 2.83. The lowest BCUT2D eigenvalue weighted by Gasteiger charge is -2.20. The number of hydrogen-bond donors (Lipinski definition) is 0. The van der Waals surface area contributed by atoms with Gasteiger partial charge in [-0.2, -0.15) is 0 Å². The van der Waals surface area contributed by atoms with Gasteiger partial charge in [0.1, 0.15) is 5.92 Å². The Labute approximate surface area is 87.1 Å². The van der Waals surface area contributed by atoms with Gasteiger partial charge in [-0.3, -0.25) is 14.5 Å². The number of carbonyl (C=O) groups is 3. The topological polar surface area (TPSA) is 72.9 Å². The molecule has 6 heteroatoms. The molecule has 0 saturated carbocycles. The molecule has 0 aliphatic carbocycles. The smallest absolute Gasteiger partial charge is 0.410 e. The fourth-order valence-electron chi connectivity index (χ4n) is 1.66. The molecule has 1 aliphatic heterocycles. The summed E-state index contributed by atoms with van der Waals surface area (Å²) in [4.78, 5) is 35.2. The van der Waals surface area contributed by atoms with Crippen LogP contribution >= 0.6 is 0 Å². The number of methoxy groups -OCH3 is 2. The van der Waals surface area contributed by atoms with E-state index < -0.39 is 24.0 Å². The van der Waals surface area contributed by atoms with Gasteiger partial charge >= 0.3 is 12.1 Å². The van der Waals surface area contributed by atoms with E-state index in [4.69, 9.17) is 0 Å². The number of ether oxygens (including phenoxy) is 2. The van der Waals surface area contributed by atoms with Crippen molar-refractivity contribution < 1.29 is 23.9 Å². The summed E-state index contributed by atoms with van der Waals surface area (Å²) in [6, 6.07) is -0.516. The molecule has 0 N–H and O–H groups in total. The van der Waals surface area contributed by atoms with Crippen LogP contribution in [0.25, 0.3) is 0 Å². The van der Waals surface area contributed by atoms with Crippen LogP contribution in [0.2, 0.25) is 0 Å². The van der Waals surface area contributed by atoms with E-state index in [1.807, 2.05) is 0 Å². The standard InChI is InChI=1S/C9H13NO5/c1-5-7(8(12)14-2)6(11)4-10(5)9(13)15-3/h5,7H,4H2,1-3H3. The fraction of sp³-hybridized carbons (Fsp3) is 0.667. The predicted octanol–water partition coefficient (Wildman–Crippen LogP) is -0.185. The van der Waals surface area contributed by atoms with Crippen LogP contribution in [0.5, 0.6) is 0 Å². The van der Waals surface area contributed by atoms with Crippen LogP contribution in [-0.4, -0.2) is 49.6 Å². The molecule has 0 spiro atoms. The van der Waals surface area contributed by atoms with Gasteiger partial charge < -0.3 is 9.47 Å². The average Bonchev–Trinajstić information content (AvgIpc) is 2.52. The minimum atomic E-state index is -0.894. The maximum Gasteiger partial charge on any atom is 0.410 e. The van der Waals surface area contributed by atoms with Gasteiger partial charge in [0, 0.05) is 0 Å². The van der Waals surface area contributed by atoms with E-state index in [0.717, 1.165) is 0 Å². The van der Waals surface area contributed by atoms with Gasteiger partial charge in [-0.25, -0.2) is 4.79 Å². The Bertz CT molecular complexity index is 301. The van der Waals surface area contributed by atoms with E-state index in [0.29, 0.717) is 0 Å². The summed E-state index contributed by atoms with van der Waals surface area (Å²) in [5, 5.41) is 0. The van der Waals surface area contributed by atoms with E-state index in [2.05, 4.69) is 9.47 Å². The molecule has 1 amide bonds. The van der Waals surface area contributed by atoms with Crippen LogP contribution < -0.4 is 0 Å². The van der Waals surface area contributed by atoms with Crippen molar-refractivity contribution in [2.24, 2.45) is 5.92 Å². The second kappa shape index (κ2) is 4.29. The van der Waals surface area contributed by atoms with Crippen LogP contribution in [-0.2, 0) is 19.1 Å². The van der Waals surface area contributed by atoms with Crippen molar-refractivity contribution >= 4 is 17.8 Å². The third-order valence-corrected chi connectivity index (χ3v) is 2.51. The molecule has 1 rings (SSSR count). The number of Topliss-reactive ketones (excluding diaryl/α,β-unsaturated/α-hetero) is 1. The number of hydrogen-bond acceptors (Lipinski definition) is 5. The van der Waals surface area contributed by atoms with Crippen molar-refractivity contribution in [2.45, 2.75) is 13.0 Å². The predicted molar refractivity (Wildman–Crippen MR) is 49.1 cm³/mol. The zero-order valence-electron chi connectivity index (χ0n) is 8.85. The van der Waals surface area contributed by atoms with E-state index >= 15 is 0 Å². The van der Waals surface area contributed by atoms with Gasteiger partial charge in [0.25, 0.3) is 0 Å². The second-order valence-corrected chi connectivity index (χ2v) is 3.31. The molecule has 0 bridgehead atoms. The molecule has 1 aliphatic rings. The summed E-state index contributed by atoms with van der Waals surface area (Å²) in [5.41, 5.74) is 0. The zero-order chi connectivity index (χ0) is 11.6. The van der Waals surface area contributed by atoms with Crippen molar-refractivity contribution in [1.82, 2.24) is 4.90 Å². The quantitative estimate of drug-likeness (QED) is 0.448. The molecule has 2 atom stereocenters. The number of likely N-dealkylation sites (tertiary alicyclic amines) is 1. The first kappa shape index (κ1) is 11.5. The molecule has 6 nitrogen and oxygen atoms in total. The highest BCUT2D eigenvalue weighted by molar-refractivity contribution is 6.04. The first-order chi connectivity index (χ1) is 7.02. The van der Waals surface area contributed by atoms with Crippen LogP contribution in [0.4, 0.5) is 4.79 Å². The lowest BCUT2D eigenvalue weighted by Crippen LogP contribution is -2.37. The summed E-state index contributed by atoms with van der Waals surface area (Å²) < 4.78 is 9.00. The molecule has 84 valence electrons. The average molecular weight is 215 g/mol. The fourth-order valence-corrected chi connectivity index (χ4v) is 1.66. The van der Waals surface area contributed by atoms with Crippen LogP contribution in [0.1, 0.15) is 6.92 Å². The SMILES string of the molecule is COC(=O)C1C(=O)CN(C(=O)OC)C1C. The molecule has 0 radical (unpaired) electrons. The Morgan fingerprint density at radius 1 is 1.33 bits per heavy atom. The maximum atomic E-state index is 11.5. The molecule has 15 heavy (non-hydrogen) atoms. The van der Waals surface area contributed by atoms with Gasteiger partial charge in [0.15, 0.2) is 5.78 Å². The van der Waals surface area contributed by atoms with Crippen LogP contribution in [0.3, 0.4) is 0 Å². The summed E-state index contributed by atoms with van der Waals surface area (Å²) in [7, 11) is 2.44. The number of carbonyl (C=O) groups excluding carboxylic acids is 3. The van der Waals surface area contributed by atoms with E-state index in [-0.39, 0.29) is 12.3 Å². The normalized spacial score (nSPS) is 25.3. The highest BCUT2D eigenvalue weighted by atomic mass is 16.5. The third-order valence-electron chi connectivity index (χ3n) is 2.51. The lowest BCUT2D eigenvalue weighted by atomic mass is 10.0. The first-order valence-corrected chi connectivity index (χ1v) is 4.48. The van der Waals surface area contributed by atoms with Gasteiger partial charge in [-0.15, -0.1) is 0 Å². The molecular formula is C9H13NO5. The summed E-state index contributed by atoms with van der Waals surface area (Å²) in [6.45, 7) is 1.51. The molecule has 0 aromatic rings. The molecule has 2 unspecified atom stereocenters. The minimum Gasteiger partial charge on any atom is -0.468 e. The molecule has 1 saturated heterocycles. The second-order valence-electron chi connectivity index (χ2n) is 3.31. The van der Waals surface area contributed by atoms with E-state index in [1.165, 1.54) is 19.1 Å². The summed E-state index contributed by atoms with van der Waals surface area (Å²) in [5.74, 6) is -1.83. The van der Waals surface area contributed by atoms with Crippen molar-refractivity contribution in [3.8, 4) is 0 Å². The van der Waals surface area contributed by atoms with E-state index in [9.17, 15) is 14.4 Å². The van der Waals surface area contributed by atoms with Gasteiger partial charge in [0.2, 0.25) is 0 Å². The maximum absolute atomic E-state index is 11.5. The molecular weight excluding hydrogens is 202 g/mol. The Morgan fingerprint density at radius 3 is 2.40 bits per heavy atom. The van der Waals surface area contributed by atoms with Crippen LogP contribution in [0, 0.1) is 5.92 Å². The van der Waals surface area contributed by atoms with Crippen molar-refractivity contribution in [3.05, 3.63) is 0 Å². The summed E-state index contributed by atoms with van der Waals surface area (Å²) in [6.07, 6.45) is -0.609. The minimum absolute atomic E-state index is 0.104. The van der Waals surface area contributed by atoms with Gasteiger partial charge in [0.05, 0.1) is 26.8 Å². The van der Waals surface area contributed by atoms with Crippen molar-refractivity contribution in [2.75, 3.05) is 20.8 Å². The monoisotopic (exact) mass is 215 g/mol.